The Labute approximate surface area is 130 Å². The lowest BCUT2D eigenvalue weighted by Crippen LogP contribution is -2.26. The summed E-state index contributed by atoms with van der Waals surface area (Å²) >= 11 is 0. The highest BCUT2D eigenvalue weighted by Crippen LogP contribution is 2.16. The van der Waals surface area contributed by atoms with Crippen LogP contribution in [0, 0.1) is 0 Å². The first kappa shape index (κ1) is 20.0. The average molecular weight is 299 g/mol. The molecular weight excluding hydrogens is 266 g/mol. The normalized spacial score (nSPS) is 14.1. The van der Waals surface area contributed by atoms with Crippen molar-refractivity contribution in [3.63, 3.8) is 0 Å². The first-order valence-electron chi connectivity index (χ1n) is 8.32. The van der Waals surface area contributed by atoms with Gasteiger partial charge in [0.1, 0.15) is 0 Å². The van der Waals surface area contributed by atoms with Gasteiger partial charge in [0, 0.05) is 6.54 Å². The molecule has 1 amide bonds. The number of hydrogen-bond donors (Lipinski definition) is 2. The van der Waals surface area contributed by atoms with E-state index < -0.39 is 11.7 Å². The Morgan fingerprint density at radius 2 is 1.81 bits per heavy atom. The standard InChI is InChI=1S/C17H33NO3/c1-4-6-8-9-10-12-17(3,20)13-11-14-18-16(19)21-15-7-5-2/h11,13,20H,4-10,12,14-15H2,1-3H3,(H,18,19)/b13-11+. The van der Waals surface area contributed by atoms with Crippen LogP contribution in [0.1, 0.15) is 72.1 Å². The Morgan fingerprint density at radius 1 is 1.14 bits per heavy atom. The second-order valence-corrected chi connectivity index (χ2v) is 5.79. The second-order valence-electron chi connectivity index (χ2n) is 5.79. The number of hydrogen-bond acceptors (Lipinski definition) is 3. The minimum atomic E-state index is -0.792. The number of nitrogens with one attached hydrogen (secondary N) is 1. The van der Waals surface area contributed by atoms with E-state index in [1.807, 2.05) is 13.8 Å². The van der Waals surface area contributed by atoms with Gasteiger partial charge in [-0.15, -0.1) is 0 Å². The predicted octanol–water partition coefficient (Wildman–Crippen LogP) is 4.18. The van der Waals surface area contributed by atoms with E-state index >= 15 is 0 Å². The van der Waals surface area contributed by atoms with E-state index in [1.165, 1.54) is 25.7 Å². The Morgan fingerprint density at radius 3 is 2.48 bits per heavy atom. The summed E-state index contributed by atoms with van der Waals surface area (Å²) in [4.78, 5) is 11.3. The van der Waals surface area contributed by atoms with Crippen molar-refractivity contribution in [1.82, 2.24) is 5.32 Å². The van der Waals surface area contributed by atoms with Gasteiger partial charge >= 0.3 is 6.09 Å². The molecule has 0 saturated carbocycles. The Hall–Kier alpha value is -1.03. The summed E-state index contributed by atoms with van der Waals surface area (Å²) in [7, 11) is 0. The van der Waals surface area contributed by atoms with Gasteiger partial charge in [-0.2, -0.15) is 0 Å². The molecule has 0 fully saturated rings. The van der Waals surface area contributed by atoms with Crippen molar-refractivity contribution in [3.05, 3.63) is 12.2 Å². The molecule has 0 aromatic carbocycles. The highest BCUT2D eigenvalue weighted by molar-refractivity contribution is 5.67. The molecule has 0 aliphatic carbocycles. The number of alkyl carbamates (subject to hydrolysis) is 1. The number of unbranched alkanes of at least 4 members (excludes halogenated alkanes) is 5. The van der Waals surface area contributed by atoms with E-state index in [0.29, 0.717) is 13.2 Å². The second kappa shape index (κ2) is 12.7. The van der Waals surface area contributed by atoms with Gasteiger partial charge in [0.15, 0.2) is 0 Å². The van der Waals surface area contributed by atoms with Crippen molar-refractivity contribution in [2.75, 3.05) is 13.2 Å². The fourth-order valence-electron chi connectivity index (χ4n) is 1.99. The maximum Gasteiger partial charge on any atom is 0.407 e. The first-order chi connectivity index (χ1) is 10.0. The summed E-state index contributed by atoms with van der Waals surface area (Å²) in [6, 6.07) is 0. The number of carbonyl (C=O) groups excluding carboxylic acids is 1. The quantitative estimate of drug-likeness (QED) is 0.420. The lowest BCUT2D eigenvalue weighted by Gasteiger charge is -2.18. The van der Waals surface area contributed by atoms with E-state index in [4.69, 9.17) is 4.74 Å². The van der Waals surface area contributed by atoms with Crippen LogP contribution in [0.2, 0.25) is 0 Å². The van der Waals surface area contributed by atoms with Crippen molar-refractivity contribution in [1.29, 1.82) is 0 Å². The summed E-state index contributed by atoms with van der Waals surface area (Å²) in [5.74, 6) is 0. The molecule has 124 valence electrons. The molecule has 0 aliphatic rings. The summed E-state index contributed by atoms with van der Waals surface area (Å²) in [6.07, 6.45) is 11.7. The van der Waals surface area contributed by atoms with Crippen LogP contribution < -0.4 is 5.32 Å². The van der Waals surface area contributed by atoms with Crippen LogP contribution >= 0.6 is 0 Å². The van der Waals surface area contributed by atoms with Crippen molar-refractivity contribution in [2.24, 2.45) is 0 Å². The van der Waals surface area contributed by atoms with Gasteiger partial charge < -0.3 is 15.2 Å². The summed E-state index contributed by atoms with van der Waals surface area (Å²) in [5.41, 5.74) is -0.792. The van der Waals surface area contributed by atoms with E-state index in [-0.39, 0.29) is 0 Å². The molecule has 4 heteroatoms. The van der Waals surface area contributed by atoms with Gasteiger partial charge in [-0.1, -0.05) is 64.5 Å². The third-order valence-electron chi connectivity index (χ3n) is 3.36. The van der Waals surface area contributed by atoms with Gasteiger partial charge in [0.2, 0.25) is 0 Å². The van der Waals surface area contributed by atoms with Crippen LogP contribution in [0.5, 0.6) is 0 Å². The lowest BCUT2D eigenvalue weighted by molar-refractivity contribution is 0.0980. The topological polar surface area (TPSA) is 58.6 Å². The molecule has 0 rings (SSSR count). The monoisotopic (exact) mass is 299 g/mol. The molecule has 2 N–H and O–H groups in total. The van der Waals surface area contributed by atoms with Crippen molar-refractivity contribution in [3.8, 4) is 0 Å². The van der Waals surface area contributed by atoms with Gasteiger partial charge in [-0.3, -0.25) is 0 Å². The maximum absolute atomic E-state index is 11.3. The van der Waals surface area contributed by atoms with E-state index in [2.05, 4.69) is 12.2 Å². The van der Waals surface area contributed by atoms with Gasteiger partial charge in [-0.25, -0.2) is 4.79 Å². The SMILES string of the molecule is CCCCCCCC(C)(O)/C=C/CNC(=O)OCCCC. The lowest BCUT2D eigenvalue weighted by atomic mass is 9.97. The highest BCUT2D eigenvalue weighted by atomic mass is 16.5. The molecular formula is C17H33NO3. The minimum Gasteiger partial charge on any atom is -0.450 e. The predicted molar refractivity (Wildman–Crippen MR) is 87.4 cm³/mol. The molecule has 1 atom stereocenters. The van der Waals surface area contributed by atoms with Crippen LogP contribution in [0.15, 0.2) is 12.2 Å². The number of aliphatic hydroxyl groups is 1. The fraction of sp³-hybridized carbons (Fsp3) is 0.824. The van der Waals surface area contributed by atoms with Gasteiger partial charge in [0.25, 0.3) is 0 Å². The number of ether oxygens (including phenoxy) is 1. The van der Waals surface area contributed by atoms with Gasteiger partial charge in [-0.05, 0) is 19.8 Å². The maximum atomic E-state index is 11.3. The molecule has 0 aromatic rings. The van der Waals surface area contributed by atoms with Crippen molar-refractivity contribution >= 4 is 6.09 Å². The molecule has 0 bridgehead atoms. The van der Waals surface area contributed by atoms with Crippen LogP contribution in [0.25, 0.3) is 0 Å². The molecule has 0 saturated heterocycles. The summed E-state index contributed by atoms with van der Waals surface area (Å²) < 4.78 is 4.97. The molecule has 0 aliphatic heterocycles. The van der Waals surface area contributed by atoms with E-state index in [1.54, 1.807) is 12.2 Å². The first-order valence-corrected chi connectivity index (χ1v) is 8.32. The Bertz CT molecular complexity index is 288. The summed E-state index contributed by atoms with van der Waals surface area (Å²) in [5, 5.41) is 12.8. The molecule has 0 radical (unpaired) electrons. The molecule has 0 spiro atoms. The van der Waals surface area contributed by atoms with Crippen LogP contribution in [0.4, 0.5) is 4.79 Å². The Kier molecular flexibility index (Phi) is 12.1. The minimum absolute atomic E-state index is 0.386. The number of rotatable bonds is 12. The van der Waals surface area contributed by atoms with Crippen LogP contribution in [-0.2, 0) is 4.74 Å². The van der Waals surface area contributed by atoms with Crippen molar-refractivity contribution < 1.29 is 14.6 Å². The third-order valence-corrected chi connectivity index (χ3v) is 3.36. The molecule has 0 aromatic heterocycles. The van der Waals surface area contributed by atoms with Crippen LogP contribution in [0.3, 0.4) is 0 Å². The Balaban J connectivity index is 3.71. The molecule has 4 nitrogen and oxygen atoms in total. The smallest absolute Gasteiger partial charge is 0.407 e. The summed E-state index contributed by atoms with van der Waals surface area (Å²) in [6.45, 7) is 6.90. The molecule has 21 heavy (non-hydrogen) atoms. The average Bonchev–Trinajstić information content (AvgIpc) is 2.44. The van der Waals surface area contributed by atoms with Gasteiger partial charge in [0.05, 0.1) is 12.2 Å². The fourth-order valence-corrected chi connectivity index (χ4v) is 1.99. The van der Waals surface area contributed by atoms with E-state index in [9.17, 15) is 9.90 Å². The zero-order valence-electron chi connectivity index (χ0n) is 14.0. The number of amides is 1. The van der Waals surface area contributed by atoms with Crippen LogP contribution in [-0.4, -0.2) is 30.0 Å². The zero-order valence-corrected chi connectivity index (χ0v) is 14.0. The largest absolute Gasteiger partial charge is 0.450 e. The van der Waals surface area contributed by atoms with Crippen molar-refractivity contribution in [2.45, 2.75) is 77.7 Å². The molecule has 1 unspecified atom stereocenters. The molecule has 0 heterocycles. The third kappa shape index (κ3) is 13.7. The zero-order chi connectivity index (χ0) is 16.0. The number of carbonyl (C=O) groups is 1. The highest BCUT2D eigenvalue weighted by Gasteiger charge is 2.14. The van der Waals surface area contributed by atoms with E-state index in [0.717, 1.165) is 25.7 Å².